The van der Waals surface area contributed by atoms with Crippen molar-refractivity contribution in [3.63, 3.8) is 0 Å². The molecule has 0 aliphatic carbocycles. The molecule has 0 aromatic carbocycles. The molecule has 0 fully saturated rings. The molecule has 0 bridgehead atoms. The SMILES string of the molecule is OS(O)(OS(O)(O)C(F)(F)F)C(F)(F)F. The summed E-state index contributed by atoms with van der Waals surface area (Å²) in [5, 5.41) is 0. The lowest BCUT2D eigenvalue weighted by Crippen LogP contribution is -2.28. The van der Waals surface area contributed by atoms with Gasteiger partial charge < -0.3 is 18.2 Å². The van der Waals surface area contributed by atoms with Gasteiger partial charge in [0.15, 0.2) is 0 Å². The van der Waals surface area contributed by atoms with Crippen molar-refractivity contribution in [1.29, 1.82) is 0 Å². The van der Waals surface area contributed by atoms with Crippen LogP contribution in [0.1, 0.15) is 0 Å². The molecule has 0 aliphatic rings. The molecule has 13 heteroatoms. The Balaban J connectivity index is 4.89. The van der Waals surface area contributed by atoms with Crippen LogP contribution in [0.3, 0.4) is 0 Å². The fourth-order valence-electron chi connectivity index (χ4n) is 0.209. The topological polar surface area (TPSA) is 90.2 Å². The lowest BCUT2D eigenvalue weighted by Gasteiger charge is -2.36. The smallest absolute Gasteiger partial charge is 0.301 e. The van der Waals surface area contributed by atoms with Crippen LogP contribution in [-0.4, -0.2) is 29.2 Å². The first-order valence-corrected chi connectivity index (χ1v) is 5.55. The molecule has 0 atom stereocenters. The van der Waals surface area contributed by atoms with E-state index in [0.29, 0.717) is 0 Å². The first kappa shape index (κ1) is 15.1. The first-order valence-electron chi connectivity index (χ1n) is 2.61. The van der Waals surface area contributed by atoms with E-state index in [1.165, 1.54) is 0 Å². The van der Waals surface area contributed by atoms with Gasteiger partial charge in [0.2, 0.25) is 21.7 Å². The Hall–Kier alpha value is 0.0800. The van der Waals surface area contributed by atoms with Crippen LogP contribution >= 0.6 is 21.7 Å². The van der Waals surface area contributed by atoms with Crippen LogP contribution in [0, 0.1) is 0 Å². The van der Waals surface area contributed by atoms with Gasteiger partial charge in [0.25, 0.3) is 0 Å². The molecule has 0 radical (unpaired) electrons. The molecule has 0 amide bonds. The summed E-state index contributed by atoms with van der Waals surface area (Å²) in [4.78, 5) is 0. The van der Waals surface area contributed by atoms with E-state index in [1.54, 1.807) is 0 Å². The van der Waals surface area contributed by atoms with Crippen molar-refractivity contribution >= 4 is 21.7 Å². The van der Waals surface area contributed by atoms with Crippen molar-refractivity contribution < 1.29 is 48.2 Å². The van der Waals surface area contributed by atoms with E-state index in [9.17, 15) is 26.3 Å². The molecule has 0 rings (SSSR count). The minimum Gasteiger partial charge on any atom is -0.301 e. The van der Waals surface area contributed by atoms with Crippen LogP contribution < -0.4 is 0 Å². The summed E-state index contributed by atoms with van der Waals surface area (Å²) in [5.74, 6) is 0. The second-order valence-corrected chi connectivity index (χ2v) is 5.41. The maximum Gasteiger partial charge on any atom is 0.494 e. The van der Waals surface area contributed by atoms with E-state index in [2.05, 4.69) is 3.63 Å². The monoisotopic (exact) mass is 286 g/mol. The summed E-state index contributed by atoms with van der Waals surface area (Å²) < 4.78 is 104. The van der Waals surface area contributed by atoms with Gasteiger partial charge in [0, 0.05) is 0 Å². The number of rotatable bonds is 2. The summed E-state index contributed by atoms with van der Waals surface area (Å²) in [6.07, 6.45) is 0. The standard InChI is InChI=1S/C2H4F6O5S2/c3-1(4,5)14(9,10)13-15(11,12)2(6,7)8/h9-12H. The molecular weight excluding hydrogens is 282 g/mol. The van der Waals surface area contributed by atoms with Crippen LogP contribution in [0.15, 0.2) is 0 Å². The van der Waals surface area contributed by atoms with Gasteiger partial charge >= 0.3 is 11.0 Å². The van der Waals surface area contributed by atoms with Gasteiger partial charge in [-0.1, -0.05) is 0 Å². The normalized spacial score (nSPS) is 17.7. The summed E-state index contributed by atoms with van der Waals surface area (Å²) in [7, 11) is -12.4. The van der Waals surface area contributed by atoms with E-state index >= 15 is 0 Å². The molecule has 0 saturated heterocycles. The van der Waals surface area contributed by atoms with E-state index < -0.39 is 32.8 Å². The van der Waals surface area contributed by atoms with Crippen LogP contribution in [0.5, 0.6) is 0 Å². The van der Waals surface area contributed by atoms with Crippen molar-refractivity contribution in [2.45, 2.75) is 11.0 Å². The molecule has 5 nitrogen and oxygen atoms in total. The zero-order chi connectivity index (χ0) is 12.7. The largest absolute Gasteiger partial charge is 0.494 e. The average Bonchev–Trinajstić information content (AvgIpc) is 1.77. The molecule has 0 aromatic rings. The van der Waals surface area contributed by atoms with Crippen molar-refractivity contribution in [2.75, 3.05) is 0 Å². The predicted molar refractivity (Wildman–Crippen MR) is 38.9 cm³/mol. The third kappa shape index (κ3) is 3.54. The van der Waals surface area contributed by atoms with Gasteiger partial charge in [-0.15, -0.1) is 0 Å². The summed E-state index contributed by atoms with van der Waals surface area (Å²) in [6, 6.07) is 0. The molecule has 0 heterocycles. The summed E-state index contributed by atoms with van der Waals surface area (Å²) >= 11 is 0. The zero-order valence-electron chi connectivity index (χ0n) is 6.28. The Kier molecular flexibility index (Phi) is 3.85. The fourth-order valence-corrected chi connectivity index (χ4v) is 1.89. The minimum atomic E-state index is -6.22. The van der Waals surface area contributed by atoms with Crippen LogP contribution in [-0.2, 0) is 3.63 Å². The molecule has 0 spiro atoms. The van der Waals surface area contributed by atoms with Gasteiger partial charge in [-0.05, 0) is 0 Å². The van der Waals surface area contributed by atoms with Gasteiger partial charge in [-0.3, -0.25) is 0 Å². The quantitative estimate of drug-likeness (QED) is 0.584. The third-order valence-corrected chi connectivity index (χ3v) is 3.52. The highest BCUT2D eigenvalue weighted by Gasteiger charge is 2.61. The number of hydrogen-bond acceptors (Lipinski definition) is 5. The number of alkyl halides is 6. The maximum absolute atomic E-state index is 11.6. The third-order valence-electron chi connectivity index (χ3n) is 0.793. The van der Waals surface area contributed by atoms with Gasteiger partial charge in [-0.25, -0.2) is 0 Å². The van der Waals surface area contributed by atoms with Gasteiger partial charge in [0.05, 0.1) is 0 Å². The van der Waals surface area contributed by atoms with E-state index in [-0.39, 0.29) is 0 Å². The lowest BCUT2D eigenvalue weighted by atomic mass is 11.6. The highest BCUT2D eigenvalue weighted by Crippen LogP contribution is 2.69. The Labute approximate surface area is 81.8 Å². The zero-order valence-corrected chi connectivity index (χ0v) is 7.91. The van der Waals surface area contributed by atoms with Crippen LogP contribution in [0.4, 0.5) is 26.3 Å². The van der Waals surface area contributed by atoms with Crippen molar-refractivity contribution in [1.82, 2.24) is 0 Å². The fraction of sp³-hybridized carbons (Fsp3) is 1.00. The lowest BCUT2D eigenvalue weighted by molar-refractivity contribution is -0.0734. The molecule has 0 saturated carbocycles. The molecule has 15 heavy (non-hydrogen) atoms. The van der Waals surface area contributed by atoms with Crippen molar-refractivity contribution in [3.8, 4) is 0 Å². The minimum absolute atomic E-state index is 2.49. The van der Waals surface area contributed by atoms with Crippen LogP contribution in [0.2, 0.25) is 0 Å². The van der Waals surface area contributed by atoms with E-state index in [4.69, 9.17) is 18.2 Å². The Morgan fingerprint density at radius 2 is 0.867 bits per heavy atom. The van der Waals surface area contributed by atoms with Crippen molar-refractivity contribution in [2.24, 2.45) is 0 Å². The molecule has 96 valence electrons. The molecular formula is C2H4F6O5S2. The number of halogens is 6. The molecule has 0 aliphatic heterocycles. The predicted octanol–water partition coefficient (Wildman–Crippen LogP) is 3.37. The molecule has 0 aromatic heterocycles. The average molecular weight is 286 g/mol. The molecule has 0 unspecified atom stereocenters. The highest BCUT2D eigenvalue weighted by atomic mass is 32.4. The van der Waals surface area contributed by atoms with Gasteiger partial charge in [-0.2, -0.15) is 30.0 Å². The second kappa shape index (κ2) is 3.83. The number of hydrogen-bond donors (Lipinski definition) is 4. The first-order chi connectivity index (χ1) is 6.21. The Morgan fingerprint density at radius 3 is 1.00 bits per heavy atom. The second-order valence-electron chi connectivity index (χ2n) is 1.95. The maximum atomic E-state index is 11.6. The Bertz CT molecular complexity index is 209. The highest BCUT2D eigenvalue weighted by molar-refractivity contribution is 8.33. The summed E-state index contributed by atoms with van der Waals surface area (Å²) in [5.41, 5.74) is -11.9. The van der Waals surface area contributed by atoms with E-state index in [1.807, 2.05) is 0 Å². The van der Waals surface area contributed by atoms with Crippen molar-refractivity contribution in [3.05, 3.63) is 0 Å². The van der Waals surface area contributed by atoms with Crippen LogP contribution in [0.25, 0.3) is 0 Å². The summed E-state index contributed by atoms with van der Waals surface area (Å²) in [6.45, 7) is 0. The van der Waals surface area contributed by atoms with Gasteiger partial charge in [0.1, 0.15) is 0 Å². The van der Waals surface area contributed by atoms with E-state index in [0.717, 1.165) is 0 Å². The Morgan fingerprint density at radius 1 is 0.667 bits per heavy atom. The molecule has 4 N–H and O–H groups in total.